The van der Waals surface area contributed by atoms with Crippen LogP contribution in [0.5, 0.6) is 0 Å². The second kappa shape index (κ2) is 8.65. The van der Waals surface area contributed by atoms with Gasteiger partial charge in [0.1, 0.15) is 5.01 Å². The fourth-order valence-electron chi connectivity index (χ4n) is 2.16. The lowest BCUT2D eigenvalue weighted by Gasteiger charge is -2.19. The van der Waals surface area contributed by atoms with Gasteiger partial charge in [-0.25, -0.2) is 4.98 Å². The molecule has 1 rings (SSSR count). The number of nitrogens with one attached hydrogen (secondary N) is 1. The standard InChI is InChI=1S/C15H28N2S/c1-5-6-7-8-9-10-14(16-12(2)3)15-17-13(4)11-18-15/h11-12,14,16H,5-10H2,1-4H3. The zero-order valence-electron chi connectivity index (χ0n) is 12.3. The van der Waals surface area contributed by atoms with Crippen LogP contribution in [0, 0.1) is 6.92 Å². The SMILES string of the molecule is CCCCCCCC(NC(C)C)c1nc(C)cs1. The van der Waals surface area contributed by atoms with Crippen LogP contribution in [0.1, 0.15) is 76.0 Å². The molecule has 0 amide bonds. The van der Waals surface area contributed by atoms with Gasteiger partial charge in [0.25, 0.3) is 0 Å². The summed E-state index contributed by atoms with van der Waals surface area (Å²) in [5, 5.41) is 7.06. The number of hydrogen-bond acceptors (Lipinski definition) is 3. The minimum atomic E-state index is 0.449. The maximum atomic E-state index is 4.64. The van der Waals surface area contributed by atoms with Crippen LogP contribution in [0.2, 0.25) is 0 Å². The molecule has 1 N–H and O–H groups in total. The fourth-order valence-corrected chi connectivity index (χ4v) is 3.06. The number of thiazole rings is 1. The molecule has 1 aromatic heterocycles. The molecule has 104 valence electrons. The van der Waals surface area contributed by atoms with Crippen molar-refractivity contribution in [3.05, 3.63) is 16.1 Å². The van der Waals surface area contributed by atoms with E-state index in [1.807, 2.05) is 0 Å². The molecular weight excluding hydrogens is 240 g/mol. The van der Waals surface area contributed by atoms with Gasteiger partial charge in [-0.15, -0.1) is 11.3 Å². The highest BCUT2D eigenvalue weighted by molar-refractivity contribution is 7.09. The van der Waals surface area contributed by atoms with Crippen LogP contribution in [0.25, 0.3) is 0 Å². The molecule has 0 fully saturated rings. The third-order valence-corrected chi connectivity index (χ3v) is 4.14. The summed E-state index contributed by atoms with van der Waals surface area (Å²) in [5.41, 5.74) is 1.15. The van der Waals surface area contributed by atoms with Crippen LogP contribution >= 0.6 is 11.3 Å². The van der Waals surface area contributed by atoms with Crippen molar-refractivity contribution in [2.45, 2.75) is 78.3 Å². The Morgan fingerprint density at radius 1 is 1.22 bits per heavy atom. The number of rotatable bonds is 9. The lowest BCUT2D eigenvalue weighted by atomic mass is 10.1. The molecule has 0 radical (unpaired) electrons. The zero-order valence-corrected chi connectivity index (χ0v) is 13.1. The highest BCUT2D eigenvalue weighted by Crippen LogP contribution is 2.24. The van der Waals surface area contributed by atoms with Gasteiger partial charge in [-0.1, -0.05) is 52.9 Å². The van der Waals surface area contributed by atoms with E-state index >= 15 is 0 Å². The molecule has 0 bridgehead atoms. The average molecular weight is 268 g/mol. The molecule has 0 aliphatic heterocycles. The fraction of sp³-hybridized carbons (Fsp3) is 0.800. The van der Waals surface area contributed by atoms with E-state index < -0.39 is 0 Å². The summed E-state index contributed by atoms with van der Waals surface area (Å²) >= 11 is 1.79. The number of hydrogen-bond donors (Lipinski definition) is 1. The van der Waals surface area contributed by atoms with Gasteiger partial charge in [-0.05, 0) is 13.3 Å². The lowest BCUT2D eigenvalue weighted by molar-refractivity contribution is 0.430. The first-order valence-corrected chi connectivity index (χ1v) is 8.19. The molecule has 0 aromatic carbocycles. The van der Waals surface area contributed by atoms with E-state index in [4.69, 9.17) is 0 Å². The van der Waals surface area contributed by atoms with Crippen molar-refractivity contribution < 1.29 is 0 Å². The Morgan fingerprint density at radius 3 is 2.50 bits per heavy atom. The molecule has 1 atom stereocenters. The number of aromatic nitrogens is 1. The normalized spacial score (nSPS) is 13.2. The molecule has 2 nitrogen and oxygen atoms in total. The molecule has 0 spiro atoms. The number of nitrogens with zero attached hydrogens (tertiary/aromatic N) is 1. The maximum absolute atomic E-state index is 4.64. The predicted molar refractivity (Wildman–Crippen MR) is 81.2 cm³/mol. The zero-order chi connectivity index (χ0) is 13.4. The van der Waals surface area contributed by atoms with Crippen molar-refractivity contribution in [2.24, 2.45) is 0 Å². The molecule has 1 heterocycles. The Bertz CT molecular complexity index is 320. The summed E-state index contributed by atoms with van der Waals surface area (Å²) in [5.74, 6) is 0. The van der Waals surface area contributed by atoms with Crippen molar-refractivity contribution >= 4 is 11.3 Å². The van der Waals surface area contributed by atoms with E-state index in [1.54, 1.807) is 11.3 Å². The van der Waals surface area contributed by atoms with Crippen molar-refractivity contribution in [1.29, 1.82) is 0 Å². The van der Waals surface area contributed by atoms with E-state index in [0.717, 1.165) is 5.69 Å². The van der Waals surface area contributed by atoms with Crippen LogP contribution in [0.4, 0.5) is 0 Å². The Kier molecular flexibility index (Phi) is 7.52. The molecule has 3 heteroatoms. The van der Waals surface area contributed by atoms with E-state index in [9.17, 15) is 0 Å². The largest absolute Gasteiger partial charge is 0.306 e. The Hall–Kier alpha value is -0.410. The second-order valence-electron chi connectivity index (χ2n) is 5.40. The van der Waals surface area contributed by atoms with Gasteiger partial charge in [0.2, 0.25) is 0 Å². The molecule has 0 aliphatic carbocycles. The van der Waals surface area contributed by atoms with Gasteiger partial charge >= 0.3 is 0 Å². The van der Waals surface area contributed by atoms with E-state index in [-0.39, 0.29) is 0 Å². The average Bonchev–Trinajstić information content (AvgIpc) is 2.73. The first-order chi connectivity index (χ1) is 8.63. The van der Waals surface area contributed by atoms with E-state index in [2.05, 4.69) is 43.4 Å². The molecule has 1 aromatic rings. The molecular formula is C15H28N2S. The highest BCUT2D eigenvalue weighted by atomic mass is 32.1. The van der Waals surface area contributed by atoms with Gasteiger partial charge in [0.05, 0.1) is 6.04 Å². The highest BCUT2D eigenvalue weighted by Gasteiger charge is 2.15. The molecule has 0 saturated carbocycles. The molecule has 0 saturated heterocycles. The van der Waals surface area contributed by atoms with Gasteiger partial charge in [0.15, 0.2) is 0 Å². The van der Waals surface area contributed by atoms with E-state index in [1.165, 1.54) is 43.5 Å². The summed E-state index contributed by atoms with van der Waals surface area (Å²) in [7, 11) is 0. The van der Waals surface area contributed by atoms with Crippen LogP contribution < -0.4 is 5.32 Å². The Balaban J connectivity index is 2.41. The summed E-state index contributed by atoms with van der Waals surface area (Å²) in [6, 6.07) is 0.972. The van der Waals surface area contributed by atoms with Crippen molar-refractivity contribution in [3.63, 3.8) is 0 Å². The topological polar surface area (TPSA) is 24.9 Å². The van der Waals surface area contributed by atoms with E-state index in [0.29, 0.717) is 12.1 Å². The minimum Gasteiger partial charge on any atom is -0.306 e. The third-order valence-electron chi connectivity index (χ3n) is 3.07. The first-order valence-electron chi connectivity index (χ1n) is 7.31. The van der Waals surface area contributed by atoms with Crippen molar-refractivity contribution in [1.82, 2.24) is 10.3 Å². The summed E-state index contributed by atoms with van der Waals surface area (Å²) < 4.78 is 0. The lowest BCUT2D eigenvalue weighted by Crippen LogP contribution is -2.28. The quantitative estimate of drug-likeness (QED) is 0.647. The Morgan fingerprint density at radius 2 is 1.94 bits per heavy atom. The van der Waals surface area contributed by atoms with Crippen molar-refractivity contribution in [2.75, 3.05) is 0 Å². The Labute approximate surface area is 116 Å². The first kappa shape index (κ1) is 15.6. The van der Waals surface area contributed by atoms with Crippen LogP contribution in [-0.2, 0) is 0 Å². The molecule has 18 heavy (non-hydrogen) atoms. The summed E-state index contributed by atoms with van der Waals surface area (Å²) in [6.45, 7) is 8.77. The van der Waals surface area contributed by atoms with Crippen molar-refractivity contribution in [3.8, 4) is 0 Å². The maximum Gasteiger partial charge on any atom is 0.110 e. The second-order valence-corrected chi connectivity index (χ2v) is 6.29. The monoisotopic (exact) mass is 268 g/mol. The third kappa shape index (κ3) is 5.96. The minimum absolute atomic E-state index is 0.449. The van der Waals surface area contributed by atoms with Gasteiger partial charge in [0, 0.05) is 17.1 Å². The number of unbranched alkanes of at least 4 members (excludes halogenated alkanes) is 4. The van der Waals surface area contributed by atoms with Gasteiger partial charge in [-0.2, -0.15) is 0 Å². The summed E-state index contributed by atoms with van der Waals surface area (Å²) in [6.07, 6.45) is 7.95. The van der Waals surface area contributed by atoms with Crippen LogP contribution in [-0.4, -0.2) is 11.0 Å². The summed E-state index contributed by atoms with van der Waals surface area (Å²) in [4.78, 5) is 4.64. The predicted octanol–water partition coefficient (Wildman–Crippen LogP) is 4.85. The van der Waals surface area contributed by atoms with Crippen LogP contribution in [0.15, 0.2) is 5.38 Å². The van der Waals surface area contributed by atoms with Gasteiger partial charge in [-0.3, -0.25) is 0 Å². The van der Waals surface area contributed by atoms with Gasteiger partial charge < -0.3 is 5.32 Å². The smallest absolute Gasteiger partial charge is 0.110 e. The number of aryl methyl sites for hydroxylation is 1. The molecule has 0 aliphatic rings. The van der Waals surface area contributed by atoms with Crippen LogP contribution in [0.3, 0.4) is 0 Å². The molecule has 1 unspecified atom stereocenters.